The smallest absolute Gasteiger partial charge is 0.278 e. The van der Waals surface area contributed by atoms with Crippen LogP contribution in [-0.4, -0.2) is 44.0 Å². The summed E-state index contributed by atoms with van der Waals surface area (Å²) in [5.74, 6) is -0.108. The number of nitrogens with one attached hydrogen (secondary N) is 1. The lowest BCUT2D eigenvalue weighted by atomic mass is 10.2. The van der Waals surface area contributed by atoms with Crippen LogP contribution in [0.25, 0.3) is 6.08 Å². The monoisotopic (exact) mass is 465 g/mol. The largest absolute Gasteiger partial charge is 0.324 e. The maximum absolute atomic E-state index is 12.8. The van der Waals surface area contributed by atoms with Crippen molar-refractivity contribution in [3.05, 3.63) is 51.9 Å². The molecule has 0 aliphatic carbocycles. The standard InChI is InChI=1S/C20H21Cl2N5O2S/c1-12(2)9-27-19(29)17(6-13-8-23-26(3)10-13)25-20(27)30-11-18(28)24-16-5-4-14(21)7-15(16)22/h4-8,10,12H,9,11H2,1-3H3,(H,24,28)/b17-6+. The second-order valence-corrected chi connectivity index (χ2v) is 8.93. The molecule has 0 unspecified atom stereocenters. The Hall–Kier alpha value is -2.29. The lowest BCUT2D eigenvalue weighted by Gasteiger charge is -2.19. The van der Waals surface area contributed by atoms with Gasteiger partial charge >= 0.3 is 0 Å². The van der Waals surface area contributed by atoms with E-state index in [9.17, 15) is 9.59 Å². The van der Waals surface area contributed by atoms with Crippen molar-refractivity contribution >= 4 is 63.7 Å². The minimum absolute atomic E-state index is 0.0832. The van der Waals surface area contributed by atoms with Crippen molar-refractivity contribution in [1.29, 1.82) is 0 Å². The number of benzene rings is 1. The SMILES string of the molecule is CC(C)CN1C(=O)/C(=C\c2cnn(C)c2)N=C1SCC(=O)Nc1ccc(Cl)cc1Cl. The molecular weight excluding hydrogens is 445 g/mol. The summed E-state index contributed by atoms with van der Waals surface area (Å²) >= 11 is 13.2. The normalized spacial score (nSPS) is 15.3. The van der Waals surface area contributed by atoms with E-state index in [4.69, 9.17) is 23.2 Å². The van der Waals surface area contributed by atoms with Crippen LogP contribution in [0.3, 0.4) is 0 Å². The zero-order valence-corrected chi connectivity index (χ0v) is 19.1. The predicted molar refractivity (Wildman–Crippen MR) is 123 cm³/mol. The lowest BCUT2D eigenvalue weighted by Crippen LogP contribution is -2.34. The van der Waals surface area contributed by atoms with Crippen LogP contribution in [0.4, 0.5) is 5.69 Å². The molecule has 2 amide bonds. The summed E-state index contributed by atoms with van der Waals surface area (Å²) < 4.78 is 1.66. The Bertz CT molecular complexity index is 1030. The van der Waals surface area contributed by atoms with E-state index in [0.717, 1.165) is 5.56 Å². The second kappa shape index (κ2) is 9.68. The molecule has 7 nitrogen and oxygen atoms in total. The van der Waals surface area contributed by atoms with E-state index in [-0.39, 0.29) is 23.5 Å². The van der Waals surface area contributed by atoms with Crippen LogP contribution < -0.4 is 5.32 Å². The fraction of sp³-hybridized carbons (Fsp3) is 0.300. The predicted octanol–water partition coefficient (Wildman–Crippen LogP) is 4.29. The number of amides is 2. The van der Waals surface area contributed by atoms with Gasteiger partial charge in [0, 0.05) is 30.4 Å². The number of nitrogens with zero attached hydrogens (tertiary/aromatic N) is 4. The Labute approximate surface area is 189 Å². The van der Waals surface area contributed by atoms with Gasteiger partial charge in [-0.25, -0.2) is 4.99 Å². The van der Waals surface area contributed by atoms with Gasteiger partial charge in [0.05, 0.1) is 22.7 Å². The van der Waals surface area contributed by atoms with Gasteiger partial charge in [0.2, 0.25) is 5.91 Å². The van der Waals surface area contributed by atoms with E-state index >= 15 is 0 Å². The number of carbonyl (C=O) groups excluding carboxylic acids is 2. The van der Waals surface area contributed by atoms with E-state index in [1.165, 1.54) is 11.8 Å². The van der Waals surface area contributed by atoms with Crippen LogP contribution in [-0.2, 0) is 16.6 Å². The molecule has 1 aromatic carbocycles. The first-order chi connectivity index (χ1) is 14.2. The van der Waals surface area contributed by atoms with E-state index < -0.39 is 0 Å². The number of rotatable bonds is 6. The second-order valence-electron chi connectivity index (χ2n) is 7.14. The number of hydrogen-bond donors (Lipinski definition) is 1. The van der Waals surface area contributed by atoms with Crippen molar-refractivity contribution in [3.8, 4) is 0 Å². The number of aromatic nitrogens is 2. The maximum Gasteiger partial charge on any atom is 0.278 e. The molecule has 158 valence electrons. The van der Waals surface area contributed by atoms with Crippen LogP contribution in [0, 0.1) is 5.92 Å². The van der Waals surface area contributed by atoms with E-state index in [2.05, 4.69) is 15.4 Å². The fourth-order valence-electron chi connectivity index (χ4n) is 2.75. The van der Waals surface area contributed by atoms with Crippen LogP contribution in [0.2, 0.25) is 10.0 Å². The summed E-state index contributed by atoms with van der Waals surface area (Å²) in [5, 5.41) is 8.20. The zero-order valence-electron chi connectivity index (χ0n) is 16.7. The van der Waals surface area contributed by atoms with Gasteiger partial charge in [0.25, 0.3) is 5.91 Å². The summed E-state index contributed by atoms with van der Waals surface area (Å²) in [4.78, 5) is 31.3. The van der Waals surface area contributed by atoms with E-state index in [1.807, 2.05) is 13.8 Å². The van der Waals surface area contributed by atoms with Crippen LogP contribution in [0.5, 0.6) is 0 Å². The van der Waals surface area contributed by atoms with Gasteiger partial charge in [-0.15, -0.1) is 0 Å². The molecule has 1 aromatic heterocycles. The Morgan fingerprint density at radius 1 is 1.33 bits per heavy atom. The number of carbonyl (C=O) groups is 2. The average molecular weight is 466 g/mol. The van der Waals surface area contributed by atoms with Gasteiger partial charge in [0.15, 0.2) is 5.17 Å². The third kappa shape index (κ3) is 5.65. The first-order valence-electron chi connectivity index (χ1n) is 9.21. The Kier molecular flexibility index (Phi) is 7.23. The van der Waals surface area contributed by atoms with Crippen LogP contribution in [0.15, 0.2) is 41.3 Å². The van der Waals surface area contributed by atoms with Crippen molar-refractivity contribution < 1.29 is 9.59 Å². The molecule has 1 aliphatic heterocycles. The Morgan fingerprint density at radius 3 is 2.73 bits per heavy atom. The highest BCUT2D eigenvalue weighted by atomic mass is 35.5. The molecule has 0 radical (unpaired) electrons. The highest BCUT2D eigenvalue weighted by Crippen LogP contribution is 2.27. The lowest BCUT2D eigenvalue weighted by molar-refractivity contribution is -0.122. The van der Waals surface area contributed by atoms with Crippen molar-refractivity contribution in [1.82, 2.24) is 14.7 Å². The summed E-state index contributed by atoms with van der Waals surface area (Å²) in [5.41, 5.74) is 1.59. The molecule has 2 aromatic rings. The molecule has 10 heteroatoms. The molecule has 3 rings (SSSR count). The maximum atomic E-state index is 12.8. The number of thioether (sulfide) groups is 1. The molecule has 1 N–H and O–H groups in total. The van der Waals surface area contributed by atoms with Crippen LogP contribution >= 0.6 is 35.0 Å². The molecule has 2 heterocycles. The third-order valence-electron chi connectivity index (χ3n) is 4.02. The number of amidine groups is 1. The molecule has 0 spiro atoms. The minimum atomic E-state index is -0.256. The molecule has 30 heavy (non-hydrogen) atoms. The third-order valence-corrected chi connectivity index (χ3v) is 5.55. The van der Waals surface area contributed by atoms with Gasteiger partial charge in [0.1, 0.15) is 5.70 Å². The number of halogens is 2. The first kappa shape index (κ1) is 22.4. The highest BCUT2D eigenvalue weighted by Gasteiger charge is 2.31. The molecule has 1 aliphatic rings. The fourth-order valence-corrected chi connectivity index (χ4v) is 4.01. The van der Waals surface area contributed by atoms with E-state index in [1.54, 1.807) is 53.3 Å². The summed E-state index contributed by atoms with van der Waals surface area (Å²) in [6.07, 6.45) is 5.16. The number of aryl methyl sites for hydroxylation is 1. The Balaban J connectivity index is 1.72. The van der Waals surface area contributed by atoms with Crippen LogP contribution in [0.1, 0.15) is 19.4 Å². The molecule has 0 saturated heterocycles. The Morgan fingerprint density at radius 2 is 2.10 bits per heavy atom. The van der Waals surface area contributed by atoms with Gasteiger partial charge in [-0.2, -0.15) is 5.10 Å². The van der Waals surface area contributed by atoms with Crippen molar-refractivity contribution in [2.24, 2.45) is 18.0 Å². The van der Waals surface area contributed by atoms with Gasteiger partial charge in [-0.1, -0.05) is 48.8 Å². The number of anilines is 1. The summed E-state index contributed by atoms with van der Waals surface area (Å²) in [6.45, 7) is 4.56. The molecule has 0 fully saturated rings. The zero-order chi connectivity index (χ0) is 21.8. The highest BCUT2D eigenvalue weighted by molar-refractivity contribution is 8.14. The minimum Gasteiger partial charge on any atom is -0.324 e. The van der Waals surface area contributed by atoms with Crippen molar-refractivity contribution in [2.75, 3.05) is 17.6 Å². The van der Waals surface area contributed by atoms with Crippen molar-refractivity contribution in [3.63, 3.8) is 0 Å². The molecular formula is C20H21Cl2N5O2S. The quantitative estimate of drug-likeness (QED) is 0.645. The van der Waals surface area contributed by atoms with Crippen molar-refractivity contribution in [2.45, 2.75) is 13.8 Å². The molecule has 0 atom stereocenters. The van der Waals surface area contributed by atoms with Gasteiger partial charge < -0.3 is 5.32 Å². The first-order valence-corrected chi connectivity index (χ1v) is 11.0. The molecule has 0 bridgehead atoms. The summed E-state index contributed by atoms with van der Waals surface area (Å²) in [7, 11) is 1.81. The number of aliphatic imine (C=N–C) groups is 1. The van der Waals surface area contributed by atoms with Gasteiger partial charge in [-0.3, -0.25) is 19.2 Å². The summed E-state index contributed by atoms with van der Waals surface area (Å²) in [6, 6.07) is 4.85. The number of hydrogen-bond acceptors (Lipinski definition) is 5. The van der Waals surface area contributed by atoms with Gasteiger partial charge in [-0.05, 0) is 30.2 Å². The topological polar surface area (TPSA) is 79.6 Å². The molecule has 0 saturated carbocycles. The average Bonchev–Trinajstić information content (AvgIpc) is 3.20. The van der Waals surface area contributed by atoms with E-state index in [0.29, 0.717) is 33.1 Å².